The lowest BCUT2D eigenvalue weighted by atomic mass is 10.1. The fourth-order valence-electron chi connectivity index (χ4n) is 4.04. The van der Waals surface area contributed by atoms with Crippen LogP contribution in [0.5, 0.6) is 0 Å². The van der Waals surface area contributed by atoms with Gasteiger partial charge in [0, 0.05) is 37.8 Å². The number of aromatic nitrogens is 2. The molecule has 0 amide bonds. The minimum Gasteiger partial charge on any atom is -0.307 e. The Morgan fingerprint density at radius 1 is 0.786 bits per heavy atom. The predicted octanol–water partition coefficient (Wildman–Crippen LogP) is 6.82. The number of halogens is 2. The normalized spacial score (nSPS) is 11.9. The Labute approximate surface area is 162 Å². The van der Waals surface area contributed by atoms with Gasteiger partial charge in [0.2, 0.25) is 0 Å². The van der Waals surface area contributed by atoms with Crippen LogP contribution in [0.2, 0.25) is 0 Å². The highest BCUT2D eigenvalue weighted by atomic mass is 32.1. The molecule has 0 atom stereocenters. The molecule has 0 fully saturated rings. The molecule has 5 heteroatoms. The number of hydrogen-bond donors (Lipinski definition) is 0. The van der Waals surface area contributed by atoms with Crippen molar-refractivity contribution in [2.45, 2.75) is 0 Å². The lowest BCUT2D eigenvalue weighted by Crippen LogP contribution is -1.96. The smallest absolute Gasteiger partial charge is 0.128 e. The fraction of sp³-hybridized carbons (Fsp3) is 0. The summed E-state index contributed by atoms with van der Waals surface area (Å²) in [5, 5.41) is 3.39. The van der Waals surface area contributed by atoms with Crippen LogP contribution in [0, 0.1) is 11.6 Å². The third-order valence-electron chi connectivity index (χ3n) is 5.14. The van der Waals surface area contributed by atoms with Crippen LogP contribution in [-0.4, -0.2) is 9.55 Å². The number of fused-ring (bicyclic) bond motifs is 7. The summed E-state index contributed by atoms with van der Waals surface area (Å²) in [6.45, 7) is 0. The van der Waals surface area contributed by atoms with Gasteiger partial charge in [0.25, 0.3) is 0 Å². The molecule has 3 aromatic carbocycles. The maximum atomic E-state index is 13.9. The molecule has 6 rings (SSSR count). The Balaban J connectivity index is 1.85. The number of nitrogens with zero attached hydrogens (tertiary/aromatic N) is 2. The first-order valence-corrected chi connectivity index (χ1v) is 9.68. The Bertz CT molecular complexity index is 1520. The molecule has 0 radical (unpaired) electrons. The molecule has 3 aromatic heterocycles. The average Bonchev–Trinajstić information content (AvgIpc) is 3.22. The number of rotatable bonds is 1. The summed E-state index contributed by atoms with van der Waals surface area (Å²) in [6.07, 6.45) is 1.75. The van der Waals surface area contributed by atoms with Gasteiger partial charge in [-0.25, -0.2) is 8.78 Å². The van der Waals surface area contributed by atoms with Crippen molar-refractivity contribution in [3.63, 3.8) is 0 Å². The first-order valence-electron chi connectivity index (χ1n) is 8.86. The van der Waals surface area contributed by atoms with Crippen LogP contribution in [0.15, 0.2) is 72.9 Å². The van der Waals surface area contributed by atoms with Crippen LogP contribution < -0.4 is 0 Å². The maximum absolute atomic E-state index is 13.9. The van der Waals surface area contributed by atoms with E-state index in [1.54, 1.807) is 17.5 Å². The van der Waals surface area contributed by atoms with Gasteiger partial charge < -0.3 is 4.57 Å². The van der Waals surface area contributed by atoms with E-state index in [9.17, 15) is 8.78 Å². The number of benzene rings is 3. The van der Waals surface area contributed by atoms with Gasteiger partial charge in [0.15, 0.2) is 0 Å². The first-order chi connectivity index (χ1) is 13.7. The highest BCUT2D eigenvalue weighted by Gasteiger charge is 2.18. The lowest BCUT2D eigenvalue weighted by Gasteiger charge is -2.08. The molecule has 134 valence electrons. The highest BCUT2D eigenvalue weighted by Crippen LogP contribution is 2.42. The van der Waals surface area contributed by atoms with E-state index in [4.69, 9.17) is 0 Å². The Kier molecular flexibility index (Phi) is 3.14. The van der Waals surface area contributed by atoms with Crippen molar-refractivity contribution < 1.29 is 8.78 Å². The number of hydrogen-bond acceptors (Lipinski definition) is 2. The SMILES string of the molecule is Fc1cc(F)cc(-n2c3cccnc3c3c4sc5ccccc5c4ccc32)c1. The summed E-state index contributed by atoms with van der Waals surface area (Å²) >= 11 is 1.72. The van der Waals surface area contributed by atoms with Crippen molar-refractivity contribution in [2.75, 3.05) is 0 Å². The molecule has 6 aromatic rings. The largest absolute Gasteiger partial charge is 0.307 e. The molecule has 0 aliphatic heterocycles. The van der Waals surface area contributed by atoms with Gasteiger partial charge in [0.1, 0.15) is 11.6 Å². The minimum atomic E-state index is -0.600. The van der Waals surface area contributed by atoms with E-state index in [0.29, 0.717) is 5.69 Å². The van der Waals surface area contributed by atoms with Crippen LogP contribution in [0.3, 0.4) is 0 Å². The number of pyridine rings is 1. The maximum Gasteiger partial charge on any atom is 0.128 e. The summed E-state index contributed by atoms with van der Waals surface area (Å²) in [4.78, 5) is 4.62. The van der Waals surface area contributed by atoms with Crippen LogP contribution in [0.1, 0.15) is 0 Å². The van der Waals surface area contributed by atoms with Crippen LogP contribution in [0.25, 0.3) is 47.8 Å². The Morgan fingerprint density at radius 2 is 1.61 bits per heavy atom. The molecule has 0 unspecified atom stereocenters. The second-order valence-corrected chi connectivity index (χ2v) is 7.82. The molecular weight excluding hydrogens is 374 g/mol. The second kappa shape index (κ2) is 5.59. The summed E-state index contributed by atoms with van der Waals surface area (Å²) in [5.41, 5.74) is 3.00. The summed E-state index contributed by atoms with van der Waals surface area (Å²) in [7, 11) is 0. The topological polar surface area (TPSA) is 17.8 Å². The van der Waals surface area contributed by atoms with Crippen molar-refractivity contribution in [3.8, 4) is 5.69 Å². The van der Waals surface area contributed by atoms with Gasteiger partial charge in [-0.2, -0.15) is 0 Å². The molecule has 0 aliphatic rings. The Hall–Kier alpha value is -3.31. The predicted molar refractivity (Wildman–Crippen MR) is 111 cm³/mol. The van der Waals surface area contributed by atoms with Crippen molar-refractivity contribution in [2.24, 2.45) is 0 Å². The molecule has 3 heterocycles. The van der Waals surface area contributed by atoms with Gasteiger partial charge >= 0.3 is 0 Å². The zero-order chi connectivity index (χ0) is 18.8. The van der Waals surface area contributed by atoms with E-state index < -0.39 is 11.6 Å². The van der Waals surface area contributed by atoms with Gasteiger partial charge in [-0.1, -0.05) is 24.3 Å². The summed E-state index contributed by atoms with van der Waals surface area (Å²) in [5.74, 6) is -1.20. The van der Waals surface area contributed by atoms with E-state index in [-0.39, 0.29) is 0 Å². The molecule has 2 nitrogen and oxygen atoms in total. The Morgan fingerprint density at radius 3 is 2.46 bits per heavy atom. The van der Waals surface area contributed by atoms with E-state index >= 15 is 0 Å². The number of thiophene rings is 1. The van der Waals surface area contributed by atoms with Crippen molar-refractivity contribution in [3.05, 3.63) is 84.6 Å². The van der Waals surface area contributed by atoms with Crippen LogP contribution in [-0.2, 0) is 0 Å². The van der Waals surface area contributed by atoms with Gasteiger partial charge in [-0.15, -0.1) is 11.3 Å². The van der Waals surface area contributed by atoms with Gasteiger partial charge in [0.05, 0.1) is 22.2 Å². The summed E-state index contributed by atoms with van der Waals surface area (Å²) < 4.78 is 32.1. The fourth-order valence-corrected chi connectivity index (χ4v) is 5.29. The van der Waals surface area contributed by atoms with Gasteiger partial charge in [-0.05, 0) is 36.4 Å². The van der Waals surface area contributed by atoms with E-state index in [0.717, 1.165) is 32.7 Å². The van der Waals surface area contributed by atoms with Crippen molar-refractivity contribution in [1.82, 2.24) is 9.55 Å². The minimum absolute atomic E-state index is 0.450. The van der Waals surface area contributed by atoms with E-state index in [2.05, 4.69) is 23.2 Å². The van der Waals surface area contributed by atoms with E-state index in [1.807, 2.05) is 34.9 Å². The molecule has 0 bridgehead atoms. The zero-order valence-electron chi connectivity index (χ0n) is 14.5. The third-order valence-corrected chi connectivity index (χ3v) is 6.34. The molecule has 0 saturated heterocycles. The molecule has 28 heavy (non-hydrogen) atoms. The quantitative estimate of drug-likeness (QED) is 0.303. The monoisotopic (exact) mass is 386 g/mol. The molecule has 0 N–H and O–H groups in total. The average molecular weight is 386 g/mol. The van der Waals surface area contributed by atoms with Gasteiger partial charge in [-0.3, -0.25) is 4.98 Å². The molecule has 0 saturated carbocycles. The lowest BCUT2D eigenvalue weighted by molar-refractivity contribution is 0.582. The highest BCUT2D eigenvalue weighted by molar-refractivity contribution is 7.26. The summed E-state index contributed by atoms with van der Waals surface area (Å²) in [6, 6.07) is 19.8. The second-order valence-electron chi connectivity index (χ2n) is 6.77. The standard InChI is InChI=1S/C23H12F2N2S/c24-13-10-14(25)12-15(11-13)27-18-8-7-17-16-4-1-2-6-20(16)28-23(17)21(18)22-19(27)5-3-9-26-22/h1-12H. The molecular formula is C23H12F2N2S. The molecule has 0 spiro atoms. The van der Waals surface area contributed by atoms with Crippen LogP contribution >= 0.6 is 11.3 Å². The third kappa shape index (κ3) is 2.08. The van der Waals surface area contributed by atoms with Crippen molar-refractivity contribution in [1.29, 1.82) is 0 Å². The van der Waals surface area contributed by atoms with Crippen molar-refractivity contribution >= 4 is 53.4 Å². The zero-order valence-corrected chi connectivity index (χ0v) is 15.3. The first kappa shape index (κ1) is 15.7. The van der Waals surface area contributed by atoms with Crippen LogP contribution in [0.4, 0.5) is 8.78 Å². The molecule has 0 aliphatic carbocycles. The van der Waals surface area contributed by atoms with E-state index in [1.165, 1.54) is 27.6 Å².